The molecule has 5 rings (SSSR count). The molecule has 3 aromatic rings. The Morgan fingerprint density at radius 1 is 1.18 bits per heavy atom. The lowest BCUT2D eigenvalue weighted by atomic mass is 10.0. The van der Waals surface area contributed by atoms with Crippen molar-refractivity contribution in [2.75, 3.05) is 19.7 Å². The highest BCUT2D eigenvalue weighted by Gasteiger charge is 2.29. The van der Waals surface area contributed by atoms with Crippen LogP contribution in [0.3, 0.4) is 0 Å². The summed E-state index contributed by atoms with van der Waals surface area (Å²) in [6.45, 7) is 3.20. The van der Waals surface area contributed by atoms with E-state index in [1.165, 1.54) is 6.07 Å². The van der Waals surface area contributed by atoms with Gasteiger partial charge in [-0.15, -0.1) is 0 Å². The Hall–Kier alpha value is -4.35. The van der Waals surface area contributed by atoms with Gasteiger partial charge in [-0.05, 0) is 43.9 Å². The summed E-state index contributed by atoms with van der Waals surface area (Å²) in [6.07, 6.45) is 3.26. The minimum Gasteiger partial charge on any atom is -0.486 e. The number of halogens is 1. The largest absolute Gasteiger partial charge is 0.486 e. The maximum absolute atomic E-state index is 14.4. The first-order chi connectivity index (χ1) is 18.3. The van der Waals surface area contributed by atoms with E-state index in [-0.39, 0.29) is 48.3 Å². The zero-order chi connectivity index (χ0) is 26.8. The molecule has 0 bridgehead atoms. The number of amides is 3. The quantitative estimate of drug-likeness (QED) is 0.500. The van der Waals surface area contributed by atoms with E-state index in [4.69, 9.17) is 4.74 Å². The maximum atomic E-state index is 14.4. The molecule has 0 aliphatic carbocycles. The van der Waals surface area contributed by atoms with Gasteiger partial charge in [-0.25, -0.2) is 13.9 Å². The van der Waals surface area contributed by atoms with Crippen LogP contribution in [0.1, 0.15) is 58.3 Å². The monoisotopic (exact) mass is 522 g/mol. The van der Waals surface area contributed by atoms with Crippen LogP contribution in [0, 0.1) is 5.82 Å². The first-order valence-electron chi connectivity index (χ1n) is 12.5. The lowest BCUT2D eigenvalue weighted by Crippen LogP contribution is -2.47. The van der Waals surface area contributed by atoms with Crippen molar-refractivity contribution in [3.05, 3.63) is 58.8 Å². The molecule has 1 saturated heterocycles. The zero-order valence-electron chi connectivity index (χ0n) is 20.8. The number of Topliss-reactive ketones (excluding diaryl/α,β-unsaturated/α-hetero) is 1. The van der Waals surface area contributed by atoms with Crippen molar-refractivity contribution in [1.82, 2.24) is 30.1 Å². The molecule has 1 aromatic carbocycles. The molecular formula is C26H27FN6O5. The normalized spacial score (nSPS) is 17.5. The van der Waals surface area contributed by atoms with Gasteiger partial charge >= 0.3 is 0 Å². The Labute approximate surface area is 217 Å². The van der Waals surface area contributed by atoms with Crippen molar-refractivity contribution in [3.8, 4) is 5.75 Å². The lowest BCUT2D eigenvalue weighted by molar-refractivity contribution is -0.132. The number of rotatable bonds is 6. The Balaban J connectivity index is 1.36. The van der Waals surface area contributed by atoms with Crippen LogP contribution in [0.4, 0.5) is 4.39 Å². The highest BCUT2D eigenvalue weighted by Crippen LogP contribution is 2.24. The van der Waals surface area contributed by atoms with Gasteiger partial charge in [-0.2, -0.15) is 5.10 Å². The second-order valence-corrected chi connectivity index (χ2v) is 9.32. The third-order valence-electron chi connectivity index (χ3n) is 6.72. The molecule has 1 fully saturated rings. The van der Waals surface area contributed by atoms with Crippen LogP contribution in [-0.4, -0.2) is 68.7 Å². The van der Waals surface area contributed by atoms with Crippen molar-refractivity contribution in [2.24, 2.45) is 0 Å². The molecule has 198 valence electrons. The number of nitrogens with zero attached hydrogens (tertiary/aromatic N) is 4. The van der Waals surface area contributed by atoms with E-state index in [2.05, 4.69) is 20.7 Å². The summed E-state index contributed by atoms with van der Waals surface area (Å²) in [5, 5.41) is 9.34. The predicted molar refractivity (Wildman–Crippen MR) is 132 cm³/mol. The number of carbonyl (C=O) groups excluding carboxylic acids is 4. The summed E-state index contributed by atoms with van der Waals surface area (Å²) in [7, 11) is 0. The number of benzene rings is 1. The van der Waals surface area contributed by atoms with Gasteiger partial charge < -0.3 is 20.3 Å². The molecule has 2 aliphatic rings. The number of nitrogens with one attached hydrogen (secondary N) is 2. The van der Waals surface area contributed by atoms with Gasteiger partial charge in [0.2, 0.25) is 5.91 Å². The van der Waals surface area contributed by atoms with E-state index in [0.717, 1.165) is 34.7 Å². The van der Waals surface area contributed by atoms with E-state index >= 15 is 0 Å². The molecule has 2 aromatic heterocycles. The number of fused-ring (bicyclic) bond motifs is 2. The summed E-state index contributed by atoms with van der Waals surface area (Å²) >= 11 is 0. The van der Waals surface area contributed by atoms with Gasteiger partial charge in [-0.3, -0.25) is 19.2 Å². The van der Waals surface area contributed by atoms with Gasteiger partial charge in [0.05, 0.1) is 6.20 Å². The van der Waals surface area contributed by atoms with Crippen LogP contribution < -0.4 is 15.4 Å². The van der Waals surface area contributed by atoms with Gasteiger partial charge in [0.1, 0.15) is 29.8 Å². The molecule has 0 spiro atoms. The second-order valence-electron chi connectivity index (χ2n) is 9.32. The number of hydrogen-bond acceptors (Lipinski definition) is 7. The van der Waals surface area contributed by atoms with E-state index in [1.54, 1.807) is 23.1 Å². The molecule has 3 amide bonds. The van der Waals surface area contributed by atoms with E-state index in [1.807, 2.05) is 6.92 Å². The van der Waals surface area contributed by atoms with Gasteiger partial charge in [0.15, 0.2) is 17.2 Å². The standard InChI is InChI=1S/C26H27FN6O5/c1-2-32-8-4-3-5-19(26(32)37)31-25(36)21-11-20(30-23-18(27)13-29-33(21)23)24(35)28-12-15-6-7-22-16(9-15)10-17(34)14-38-22/h6-7,9,11,13,19H,2-5,8,10,12,14H2,1H3,(H,28,35)(H,31,36)/t19-/m0/s1. The third-order valence-corrected chi connectivity index (χ3v) is 6.72. The van der Waals surface area contributed by atoms with Crippen LogP contribution in [0.5, 0.6) is 5.75 Å². The van der Waals surface area contributed by atoms with E-state index in [9.17, 15) is 23.6 Å². The third kappa shape index (κ3) is 5.06. The highest BCUT2D eigenvalue weighted by atomic mass is 19.1. The summed E-state index contributed by atoms with van der Waals surface area (Å²) in [4.78, 5) is 56.5. The molecule has 2 aliphatic heterocycles. The summed E-state index contributed by atoms with van der Waals surface area (Å²) < 4.78 is 20.8. The smallest absolute Gasteiger partial charge is 0.270 e. The van der Waals surface area contributed by atoms with E-state index in [0.29, 0.717) is 25.3 Å². The van der Waals surface area contributed by atoms with Gasteiger partial charge in [0, 0.05) is 37.7 Å². The van der Waals surface area contributed by atoms with Crippen molar-refractivity contribution >= 4 is 29.2 Å². The first kappa shape index (κ1) is 25.3. The van der Waals surface area contributed by atoms with Crippen molar-refractivity contribution in [1.29, 1.82) is 0 Å². The van der Waals surface area contributed by atoms with Crippen LogP contribution >= 0.6 is 0 Å². The number of carbonyl (C=O) groups is 4. The number of ether oxygens (including phenoxy) is 1. The maximum Gasteiger partial charge on any atom is 0.270 e. The highest BCUT2D eigenvalue weighted by molar-refractivity contribution is 6.00. The van der Waals surface area contributed by atoms with Crippen molar-refractivity contribution < 1.29 is 28.3 Å². The topological polar surface area (TPSA) is 135 Å². The van der Waals surface area contributed by atoms with Gasteiger partial charge in [-0.1, -0.05) is 6.07 Å². The van der Waals surface area contributed by atoms with Crippen molar-refractivity contribution in [2.45, 2.75) is 45.2 Å². The second kappa shape index (κ2) is 10.6. The molecule has 1 atom stereocenters. The Morgan fingerprint density at radius 2 is 2.03 bits per heavy atom. The molecule has 0 unspecified atom stereocenters. The fourth-order valence-electron chi connectivity index (χ4n) is 4.72. The molecule has 4 heterocycles. The minimum atomic E-state index is -0.796. The van der Waals surface area contributed by atoms with E-state index < -0.39 is 23.7 Å². The van der Waals surface area contributed by atoms with Crippen LogP contribution in [0.15, 0.2) is 30.5 Å². The summed E-state index contributed by atoms with van der Waals surface area (Å²) in [5.74, 6) is -1.66. The van der Waals surface area contributed by atoms with Crippen LogP contribution in [-0.2, 0) is 22.6 Å². The Kier molecular flexibility index (Phi) is 7.03. The fraction of sp³-hybridized carbons (Fsp3) is 0.385. The first-order valence-corrected chi connectivity index (χ1v) is 12.5. The SMILES string of the molecule is CCN1CCCC[C@H](NC(=O)c2cc(C(=O)NCc3ccc4c(c3)CC(=O)CO4)nc3c(F)cnn23)C1=O. The number of aromatic nitrogens is 3. The number of likely N-dealkylation sites (tertiary alicyclic amines) is 1. The number of ketones is 1. The number of likely N-dealkylation sites (N-methyl/N-ethyl adjacent to an activating group) is 1. The van der Waals surface area contributed by atoms with Crippen molar-refractivity contribution in [3.63, 3.8) is 0 Å². The van der Waals surface area contributed by atoms with Crippen LogP contribution in [0.2, 0.25) is 0 Å². The van der Waals surface area contributed by atoms with Crippen LogP contribution in [0.25, 0.3) is 5.65 Å². The average molecular weight is 523 g/mol. The average Bonchev–Trinajstić information content (AvgIpc) is 3.20. The Bertz CT molecular complexity index is 1440. The molecule has 12 heteroatoms. The predicted octanol–water partition coefficient (Wildman–Crippen LogP) is 1.43. The molecule has 0 radical (unpaired) electrons. The molecule has 2 N–H and O–H groups in total. The lowest BCUT2D eigenvalue weighted by Gasteiger charge is -2.23. The minimum absolute atomic E-state index is 0.0298. The summed E-state index contributed by atoms with van der Waals surface area (Å²) in [6, 6.07) is 5.78. The fourth-order valence-corrected chi connectivity index (χ4v) is 4.72. The molecule has 38 heavy (non-hydrogen) atoms. The Morgan fingerprint density at radius 3 is 2.84 bits per heavy atom. The zero-order valence-corrected chi connectivity index (χ0v) is 20.8. The number of hydrogen-bond donors (Lipinski definition) is 2. The molecule has 11 nitrogen and oxygen atoms in total. The molecule has 0 saturated carbocycles. The van der Waals surface area contributed by atoms with Gasteiger partial charge in [0.25, 0.3) is 11.8 Å². The summed E-state index contributed by atoms with van der Waals surface area (Å²) in [5.41, 5.74) is 0.893. The molecular weight excluding hydrogens is 495 g/mol.